The summed E-state index contributed by atoms with van der Waals surface area (Å²) >= 11 is 5.81. The summed E-state index contributed by atoms with van der Waals surface area (Å²) in [4.78, 5) is 14.5. The van der Waals surface area contributed by atoms with E-state index in [0.717, 1.165) is 12.8 Å². The van der Waals surface area contributed by atoms with E-state index in [1.807, 2.05) is 0 Å². The van der Waals surface area contributed by atoms with E-state index in [2.05, 4.69) is 17.2 Å². The molecule has 25 heavy (non-hydrogen) atoms. The minimum Gasteiger partial charge on any atom is -0.364 e. The van der Waals surface area contributed by atoms with Gasteiger partial charge >= 0.3 is 5.69 Å². The molecule has 0 aliphatic heterocycles. The number of hydrogen-bond acceptors (Lipinski definition) is 4. The molecule has 1 aromatic heterocycles. The minimum absolute atomic E-state index is 0.0247. The van der Waals surface area contributed by atoms with E-state index in [9.17, 15) is 10.1 Å². The van der Waals surface area contributed by atoms with Gasteiger partial charge in [-0.3, -0.25) is 10.1 Å². The molecule has 0 radical (unpaired) electrons. The van der Waals surface area contributed by atoms with Crippen LogP contribution in [0.4, 0.5) is 11.5 Å². The van der Waals surface area contributed by atoms with Gasteiger partial charge in [0.25, 0.3) is 0 Å². The van der Waals surface area contributed by atoms with Crippen molar-refractivity contribution in [2.24, 2.45) is 0 Å². The maximum Gasteiger partial charge on any atom is 0.311 e. The molecule has 0 aromatic carbocycles. The molecule has 1 rings (SSSR count). The largest absolute Gasteiger partial charge is 0.364 e. The van der Waals surface area contributed by atoms with Crippen molar-refractivity contribution in [3.8, 4) is 0 Å². The van der Waals surface area contributed by atoms with E-state index in [-0.39, 0.29) is 16.7 Å². The van der Waals surface area contributed by atoms with Crippen molar-refractivity contribution >= 4 is 23.1 Å². The van der Waals surface area contributed by atoms with Gasteiger partial charge in [0.15, 0.2) is 0 Å². The van der Waals surface area contributed by atoms with E-state index in [1.165, 1.54) is 76.3 Å². The van der Waals surface area contributed by atoms with E-state index < -0.39 is 4.92 Å². The second kappa shape index (κ2) is 13.9. The molecular formula is C19H32ClN3O2. The van der Waals surface area contributed by atoms with Crippen LogP contribution >= 0.6 is 11.6 Å². The van der Waals surface area contributed by atoms with Gasteiger partial charge in [0.2, 0.25) is 5.82 Å². The SMILES string of the molecule is CCCCCCCCCCCCCCNc1nc(Cl)ccc1[N+](=O)[O-]. The molecule has 5 nitrogen and oxygen atoms in total. The predicted octanol–water partition coefficient (Wildman–Crippen LogP) is 6.76. The second-order valence-corrected chi connectivity index (χ2v) is 6.96. The van der Waals surface area contributed by atoms with E-state index in [4.69, 9.17) is 11.6 Å². The van der Waals surface area contributed by atoms with Crippen LogP contribution in [0.3, 0.4) is 0 Å². The molecule has 0 atom stereocenters. The van der Waals surface area contributed by atoms with Crippen molar-refractivity contribution in [2.75, 3.05) is 11.9 Å². The first-order valence-corrected chi connectivity index (χ1v) is 10.1. The molecule has 0 saturated heterocycles. The van der Waals surface area contributed by atoms with E-state index in [1.54, 1.807) is 0 Å². The molecule has 0 amide bonds. The maximum absolute atomic E-state index is 10.9. The quantitative estimate of drug-likeness (QED) is 0.160. The standard InChI is InChI=1S/C19H32ClN3O2/c1-2-3-4-5-6-7-8-9-10-11-12-13-16-21-19-17(23(24)25)14-15-18(20)22-19/h14-15H,2-13,16H2,1H3,(H,21,22). The van der Waals surface area contributed by atoms with Crippen LogP contribution in [-0.4, -0.2) is 16.5 Å². The lowest BCUT2D eigenvalue weighted by molar-refractivity contribution is -0.384. The van der Waals surface area contributed by atoms with Gasteiger partial charge in [-0.05, 0) is 12.5 Å². The van der Waals surface area contributed by atoms with Gasteiger partial charge in [-0.2, -0.15) is 0 Å². The minimum atomic E-state index is -0.437. The lowest BCUT2D eigenvalue weighted by atomic mass is 10.1. The normalized spacial score (nSPS) is 10.8. The van der Waals surface area contributed by atoms with E-state index >= 15 is 0 Å². The summed E-state index contributed by atoms with van der Waals surface area (Å²) in [7, 11) is 0. The Labute approximate surface area is 156 Å². The first kappa shape index (κ1) is 21.7. The Morgan fingerprint density at radius 2 is 1.48 bits per heavy atom. The first-order chi connectivity index (χ1) is 12.1. The third-order valence-corrected chi connectivity index (χ3v) is 4.57. The zero-order chi connectivity index (χ0) is 18.3. The van der Waals surface area contributed by atoms with Crippen LogP contribution < -0.4 is 5.32 Å². The van der Waals surface area contributed by atoms with E-state index in [0.29, 0.717) is 6.54 Å². The molecule has 1 heterocycles. The van der Waals surface area contributed by atoms with Gasteiger partial charge in [0.1, 0.15) is 5.15 Å². The summed E-state index contributed by atoms with van der Waals surface area (Å²) in [6.07, 6.45) is 15.5. The van der Waals surface area contributed by atoms with Crippen molar-refractivity contribution in [2.45, 2.75) is 84.0 Å². The molecular weight excluding hydrogens is 338 g/mol. The smallest absolute Gasteiger partial charge is 0.311 e. The monoisotopic (exact) mass is 369 g/mol. The molecule has 0 aliphatic carbocycles. The number of anilines is 1. The summed E-state index contributed by atoms with van der Waals surface area (Å²) in [6.45, 7) is 2.94. The lowest BCUT2D eigenvalue weighted by Gasteiger charge is -2.06. The fourth-order valence-electron chi connectivity index (χ4n) is 2.88. The van der Waals surface area contributed by atoms with Crippen molar-refractivity contribution < 1.29 is 4.92 Å². The topological polar surface area (TPSA) is 68.1 Å². The zero-order valence-corrected chi connectivity index (χ0v) is 16.2. The summed E-state index contributed by atoms with van der Waals surface area (Å²) in [5, 5.41) is 14.2. The summed E-state index contributed by atoms with van der Waals surface area (Å²) in [5.41, 5.74) is -0.0247. The Kier molecular flexibility index (Phi) is 12.0. The van der Waals surface area contributed by atoms with Crippen LogP contribution in [0.2, 0.25) is 5.15 Å². The molecule has 0 unspecified atom stereocenters. The predicted molar refractivity (Wildman–Crippen MR) is 105 cm³/mol. The zero-order valence-electron chi connectivity index (χ0n) is 15.4. The highest BCUT2D eigenvalue weighted by molar-refractivity contribution is 6.29. The van der Waals surface area contributed by atoms with Crippen LogP contribution in [0.15, 0.2) is 12.1 Å². The Morgan fingerprint density at radius 1 is 0.960 bits per heavy atom. The third kappa shape index (κ3) is 10.3. The molecule has 6 heteroatoms. The third-order valence-electron chi connectivity index (χ3n) is 4.36. The highest BCUT2D eigenvalue weighted by Gasteiger charge is 2.14. The Hall–Kier alpha value is -1.36. The molecule has 0 fully saturated rings. The average Bonchev–Trinajstić information content (AvgIpc) is 2.58. The highest BCUT2D eigenvalue weighted by Crippen LogP contribution is 2.23. The van der Waals surface area contributed by atoms with Crippen molar-refractivity contribution in [1.82, 2.24) is 4.98 Å². The van der Waals surface area contributed by atoms with Crippen LogP contribution in [0.5, 0.6) is 0 Å². The number of aromatic nitrogens is 1. The number of rotatable bonds is 15. The number of pyridine rings is 1. The summed E-state index contributed by atoms with van der Waals surface area (Å²) < 4.78 is 0. The molecule has 1 aromatic rings. The molecule has 0 aliphatic rings. The van der Waals surface area contributed by atoms with Crippen LogP contribution in [-0.2, 0) is 0 Å². The maximum atomic E-state index is 10.9. The van der Waals surface area contributed by atoms with Gasteiger partial charge < -0.3 is 5.32 Å². The van der Waals surface area contributed by atoms with Gasteiger partial charge in [-0.25, -0.2) is 4.98 Å². The fourth-order valence-corrected chi connectivity index (χ4v) is 3.03. The summed E-state index contributed by atoms with van der Waals surface area (Å²) in [5.74, 6) is 0.264. The van der Waals surface area contributed by atoms with Crippen molar-refractivity contribution in [3.63, 3.8) is 0 Å². The molecule has 0 spiro atoms. The van der Waals surface area contributed by atoms with Crippen LogP contribution in [0, 0.1) is 10.1 Å². The molecule has 1 N–H and O–H groups in total. The first-order valence-electron chi connectivity index (χ1n) is 9.70. The average molecular weight is 370 g/mol. The molecule has 0 saturated carbocycles. The van der Waals surface area contributed by atoms with Crippen molar-refractivity contribution in [3.05, 3.63) is 27.4 Å². The van der Waals surface area contributed by atoms with Crippen LogP contribution in [0.1, 0.15) is 84.0 Å². The number of nitro groups is 1. The number of nitrogens with zero attached hydrogens (tertiary/aromatic N) is 2. The Bertz CT molecular complexity index is 498. The van der Waals surface area contributed by atoms with Gasteiger partial charge in [0, 0.05) is 12.6 Å². The number of unbranched alkanes of at least 4 members (excludes halogenated alkanes) is 11. The summed E-state index contributed by atoms with van der Waals surface area (Å²) in [6, 6.07) is 2.83. The highest BCUT2D eigenvalue weighted by atomic mass is 35.5. The lowest BCUT2D eigenvalue weighted by Crippen LogP contribution is -2.06. The molecule has 142 valence electrons. The van der Waals surface area contributed by atoms with Crippen LogP contribution in [0.25, 0.3) is 0 Å². The van der Waals surface area contributed by atoms with Gasteiger partial charge in [-0.15, -0.1) is 0 Å². The number of halogens is 1. The molecule has 0 bridgehead atoms. The number of nitrogens with one attached hydrogen (secondary N) is 1. The fraction of sp³-hybridized carbons (Fsp3) is 0.737. The van der Waals surface area contributed by atoms with Gasteiger partial charge in [-0.1, -0.05) is 89.2 Å². The Morgan fingerprint density at radius 3 is 2.00 bits per heavy atom. The number of hydrogen-bond donors (Lipinski definition) is 1. The Balaban J connectivity index is 2.01. The van der Waals surface area contributed by atoms with Crippen molar-refractivity contribution in [1.29, 1.82) is 0 Å². The van der Waals surface area contributed by atoms with Gasteiger partial charge in [0.05, 0.1) is 4.92 Å². The second-order valence-electron chi connectivity index (χ2n) is 6.57.